The predicted octanol–water partition coefficient (Wildman–Crippen LogP) is 4.06. The number of rotatable bonds is 2. The van der Waals surface area contributed by atoms with E-state index in [1.807, 2.05) is 43.3 Å². The van der Waals surface area contributed by atoms with Crippen molar-refractivity contribution in [2.75, 3.05) is 5.73 Å². The summed E-state index contributed by atoms with van der Waals surface area (Å²) in [6.07, 6.45) is 1.75. The molecule has 0 saturated carbocycles. The van der Waals surface area contributed by atoms with Crippen molar-refractivity contribution < 1.29 is 4.52 Å². The van der Waals surface area contributed by atoms with Crippen molar-refractivity contribution in [3.8, 4) is 22.5 Å². The van der Waals surface area contributed by atoms with E-state index in [1.165, 1.54) is 0 Å². The first-order chi connectivity index (χ1) is 9.68. The third-order valence-corrected chi connectivity index (χ3v) is 3.80. The fourth-order valence-electron chi connectivity index (χ4n) is 2.13. The van der Waals surface area contributed by atoms with Crippen molar-refractivity contribution in [2.45, 2.75) is 6.92 Å². The molecule has 2 N–H and O–H groups in total. The maximum Gasteiger partial charge on any atom is 0.178 e. The molecule has 1 aromatic carbocycles. The first-order valence-electron chi connectivity index (χ1n) is 6.10. The lowest BCUT2D eigenvalue weighted by Gasteiger charge is -2.06. The van der Waals surface area contributed by atoms with Crippen LogP contribution in [0.3, 0.4) is 0 Å². The normalized spacial score (nSPS) is 10.7. The number of hydrogen-bond acceptors (Lipinski definition) is 4. The molecule has 3 rings (SSSR count). The Hall–Kier alpha value is -2.14. The Balaban J connectivity index is 2.26. The number of anilines is 1. The van der Waals surface area contributed by atoms with Gasteiger partial charge in [0.1, 0.15) is 0 Å². The first-order valence-corrected chi connectivity index (χ1v) is 6.90. The molecule has 0 bridgehead atoms. The van der Waals surface area contributed by atoms with Crippen LogP contribution in [0.2, 0.25) is 0 Å². The third kappa shape index (κ3) is 2.10. The highest BCUT2D eigenvalue weighted by atomic mass is 79.9. The van der Waals surface area contributed by atoms with Crippen molar-refractivity contribution >= 4 is 21.7 Å². The molecular formula is C15H12BrN3O. The van der Waals surface area contributed by atoms with Gasteiger partial charge in [-0.05, 0) is 25.1 Å². The smallest absolute Gasteiger partial charge is 0.178 e. The molecule has 0 radical (unpaired) electrons. The second-order valence-corrected chi connectivity index (χ2v) is 5.24. The number of benzene rings is 1. The number of nitrogens with two attached hydrogens (primary N) is 1. The maximum atomic E-state index is 5.98. The van der Waals surface area contributed by atoms with Gasteiger partial charge in [0.2, 0.25) is 0 Å². The molecule has 0 saturated heterocycles. The summed E-state index contributed by atoms with van der Waals surface area (Å²) in [6, 6.07) is 11.6. The van der Waals surface area contributed by atoms with E-state index in [9.17, 15) is 0 Å². The summed E-state index contributed by atoms with van der Waals surface area (Å²) in [4.78, 5) is 4.28. The van der Waals surface area contributed by atoms with E-state index in [1.54, 1.807) is 6.20 Å². The minimum atomic E-state index is 0.371. The van der Waals surface area contributed by atoms with Crippen LogP contribution >= 0.6 is 15.9 Å². The molecule has 100 valence electrons. The Morgan fingerprint density at radius 2 is 1.85 bits per heavy atom. The summed E-state index contributed by atoms with van der Waals surface area (Å²) >= 11 is 3.54. The van der Waals surface area contributed by atoms with Gasteiger partial charge in [0.05, 0.1) is 5.56 Å². The summed E-state index contributed by atoms with van der Waals surface area (Å²) in [5.41, 5.74) is 9.48. The minimum absolute atomic E-state index is 0.371. The van der Waals surface area contributed by atoms with Gasteiger partial charge in [-0.1, -0.05) is 39.3 Å². The van der Waals surface area contributed by atoms with Gasteiger partial charge >= 0.3 is 0 Å². The van der Waals surface area contributed by atoms with E-state index >= 15 is 0 Å². The van der Waals surface area contributed by atoms with E-state index < -0.39 is 0 Å². The Bertz CT molecular complexity index is 767. The zero-order chi connectivity index (χ0) is 14.1. The molecule has 0 fully saturated rings. The van der Waals surface area contributed by atoms with Gasteiger partial charge in [0.25, 0.3) is 0 Å². The number of hydrogen-bond donors (Lipinski definition) is 1. The monoisotopic (exact) mass is 329 g/mol. The lowest BCUT2D eigenvalue weighted by Crippen LogP contribution is -1.91. The molecule has 0 atom stereocenters. The summed E-state index contributed by atoms with van der Waals surface area (Å²) in [5, 5.41) is 3.91. The molecular weight excluding hydrogens is 318 g/mol. The number of nitrogen functional groups attached to an aromatic ring is 1. The number of halogens is 1. The molecule has 5 heteroatoms. The minimum Gasteiger partial charge on any atom is -0.380 e. The van der Waals surface area contributed by atoms with Gasteiger partial charge in [-0.2, -0.15) is 0 Å². The van der Waals surface area contributed by atoms with E-state index in [-0.39, 0.29) is 0 Å². The van der Waals surface area contributed by atoms with Gasteiger partial charge in [-0.15, -0.1) is 0 Å². The second-order valence-electron chi connectivity index (χ2n) is 4.39. The van der Waals surface area contributed by atoms with Crippen LogP contribution in [0.5, 0.6) is 0 Å². The van der Waals surface area contributed by atoms with Gasteiger partial charge in [0, 0.05) is 27.5 Å². The molecule has 0 aliphatic heterocycles. The molecule has 0 aliphatic rings. The highest BCUT2D eigenvalue weighted by Crippen LogP contribution is 2.40. The lowest BCUT2D eigenvalue weighted by atomic mass is 10.0. The Labute approximate surface area is 124 Å². The predicted molar refractivity (Wildman–Crippen MR) is 82.0 cm³/mol. The largest absolute Gasteiger partial charge is 0.380 e. The standard InChI is InChI=1S/C15H12BrN3O/c1-9-10(6-4-8-18-9)14-13(15(17)19-20-14)11-5-2-3-7-12(11)16/h2-8H,1H3,(H2,17,19). The van der Waals surface area contributed by atoms with Gasteiger partial charge in [-0.3, -0.25) is 4.98 Å². The summed E-state index contributed by atoms with van der Waals surface area (Å²) in [7, 11) is 0. The van der Waals surface area contributed by atoms with Crippen LogP contribution in [0.15, 0.2) is 51.6 Å². The molecule has 0 amide bonds. The van der Waals surface area contributed by atoms with E-state index in [0.717, 1.165) is 26.9 Å². The zero-order valence-corrected chi connectivity index (χ0v) is 12.4. The van der Waals surface area contributed by atoms with Crippen molar-refractivity contribution in [1.82, 2.24) is 10.1 Å². The van der Waals surface area contributed by atoms with Crippen LogP contribution in [0.25, 0.3) is 22.5 Å². The van der Waals surface area contributed by atoms with Crippen LogP contribution in [-0.2, 0) is 0 Å². The van der Waals surface area contributed by atoms with E-state index in [2.05, 4.69) is 26.1 Å². The van der Waals surface area contributed by atoms with Crippen molar-refractivity contribution in [1.29, 1.82) is 0 Å². The summed E-state index contributed by atoms with van der Waals surface area (Å²) in [6.45, 7) is 1.93. The Kier molecular flexibility index (Phi) is 3.28. The van der Waals surface area contributed by atoms with Crippen LogP contribution in [0.1, 0.15) is 5.69 Å². The zero-order valence-electron chi connectivity index (χ0n) is 10.8. The summed E-state index contributed by atoms with van der Waals surface area (Å²) < 4.78 is 6.38. The molecule has 4 nitrogen and oxygen atoms in total. The van der Waals surface area contributed by atoms with E-state index in [0.29, 0.717) is 11.6 Å². The molecule has 0 spiro atoms. The molecule has 3 aromatic rings. The number of aromatic nitrogens is 2. The Morgan fingerprint density at radius 1 is 1.10 bits per heavy atom. The highest BCUT2D eigenvalue weighted by Gasteiger charge is 2.20. The van der Waals surface area contributed by atoms with Crippen LogP contribution in [0.4, 0.5) is 5.82 Å². The van der Waals surface area contributed by atoms with Crippen LogP contribution in [-0.4, -0.2) is 10.1 Å². The van der Waals surface area contributed by atoms with Crippen LogP contribution in [0, 0.1) is 6.92 Å². The molecule has 20 heavy (non-hydrogen) atoms. The number of aryl methyl sites for hydroxylation is 1. The molecule has 0 aliphatic carbocycles. The first kappa shape index (κ1) is 12.9. The quantitative estimate of drug-likeness (QED) is 0.770. The van der Waals surface area contributed by atoms with Crippen molar-refractivity contribution in [3.63, 3.8) is 0 Å². The van der Waals surface area contributed by atoms with Gasteiger partial charge in [-0.25, -0.2) is 0 Å². The fraction of sp³-hybridized carbons (Fsp3) is 0.0667. The second kappa shape index (κ2) is 5.09. The Morgan fingerprint density at radius 3 is 2.60 bits per heavy atom. The lowest BCUT2D eigenvalue weighted by molar-refractivity contribution is 0.435. The number of nitrogens with zero attached hydrogens (tertiary/aromatic N) is 2. The maximum absolute atomic E-state index is 5.98. The van der Waals surface area contributed by atoms with Crippen molar-refractivity contribution in [2.24, 2.45) is 0 Å². The SMILES string of the molecule is Cc1ncccc1-c1onc(N)c1-c1ccccc1Br. The fourth-order valence-corrected chi connectivity index (χ4v) is 2.62. The molecule has 2 aromatic heterocycles. The van der Waals surface area contributed by atoms with Crippen LogP contribution < -0.4 is 5.73 Å². The topological polar surface area (TPSA) is 64.9 Å². The average Bonchev–Trinajstić information content (AvgIpc) is 2.82. The average molecular weight is 330 g/mol. The number of pyridine rings is 1. The van der Waals surface area contributed by atoms with Gasteiger partial charge in [0.15, 0.2) is 11.6 Å². The molecule has 0 unspecified atom stereocenters. The molecule has 2 heterocycles. The van der Waals surface area contributed by atoms with Crippen molar-refractivity contribution in [3.05, 3.63) is 52.8 Å². The highest BCUT2D eigenvalue weighted by molar-refractivity contribution is 9.10. The third-order valence-electron chi connectivity index (χ3n) is 3.11. The van der Waals surface area contributed by atoms with Gasteiger partial charge < -0.3 is 10.3 Å². The van der Waals surface area contributed by atoms with E-state index in [4.69, 9.17) is 10.3 Å². The summed E-state index contributed by atoms with van der Waals surface area (Å²) in [5.74, 6) is 1.01.